The fraction of sp³-hybridized carbons (Fsp3) is 0.385. The maximum Gasteiger partial charge on any atom is 0.107 e. The molecule has 0 spiro atoms. The van der Waals surface area contributed by atoms with Gasteiger partial charge in [0.2, 0.25) is 0 Å². The number of nitrogens with one attached hydrogen (secondary N) is 1. The van der Waals surface area contributed by atoms with Crippen molar-refractivity contribution in [2.75, 3.05) is 5.73 Å². The summed E-state index contributed by atoms with van der Waals surface area (Å²) in [6.07, 6.45) is 8.25. The molecule has 2 heteroatoms. The number of hydrogen-bond acceptors (Lipinski definition) is 1. The minimum absolute atomic E-state index is 0.342. The molecule has 1 atom stereocenters. The van der Waals surface area contributed by atoms with Crippen LogP contribution in [0.5, 0.6) is 0 Å². The molecule has 3 N–H and O–H groups in total. The number of rotatable bonds is 4. The van der Waals surface area contributed by atoms with Crippen LogP contribution in [0.3, 0.4) is 0 Å². The van der Waals surface area contributed by atoms with E-state index in [1.54, 1.807) is 0 Å². The fourth-order valence-corrected chi connectivity index (χ4v) is 1.47. The minimum Gasteiger partial charge on any atom is -0.385 e. The third-order valence-electron chi connectivity index (χ3n) is 2.25. The van der Waals surface area contributed by atoms with Crippen molar-refractivity contribution in [3.05, 3.63) is 23.9 Å². The number of aromatic nitrogens is 1. The van der Waals surface area contributed by atoms with E-state index in [4.69, 9.17) is 5.73 Å². The first-order chi connectivity index (χ1) is 7.27. The highest BCUT2D eigenvalue weighted by molar-refractivity contribution is 5.61. The quantitative estimate of drug-likeness (QED) is 0.724. The first-order valence-corrected chi connectivity index (χ1v) is 5.31. The average molecular weight is 202 g/mol. The van der Waals surface area contributed by atoms with Crippen LogP contribution in [0.2, 0.25) is 0 Å². The van der Waals surface area contributed by atoms with Crippen molar-refractivity contribution >= 4 is 11.9 Å². The molecule has 0 saturated carbocycles. The molecule has 0 aromatic carbocycles. The van der Waals surface area contributed by atoms with Gasteiger partial charge in [0, 0.05) is 17.7 Å². The molecular weight excluding hydrogens is 184 g/mol. The Balaban J connectivity index is 2.68. The normalized spacial score (nSPS) is 12.4. The zero-order chi connectivity index (χ0) is 11.1. The Kier molecular flexibility index (Phi) is 4.56. The lowest BCUT2D eigenvalue weighted by molar-refractivity contribution is 0.711. The highest BCUT2D eigenvalue weighted by Crippen LogP contribution is 2.14. The predicted molar refractivity (Wildman–Crippen MR) is 66.1 cm³/mol. The van der Waals surface area contributed by atoms with E-state index in [1.807, 2.05) is 25.3 Å². The van der Waals surface area contributed by atoms with E-state index in [9.17, 15) is 0 Å². The molecule has 0 amide bonds. The van der Waals surface area contributed by atoms with Crippen LogP contribution in [-0.2, 0) is 0 Å². The Bertz CT molecular complexity index is 377. The number of allylic oxidation sites excluding steroid dienone is 1. The van der Waals surface area contributed by atoms with Gasteiger partial charge in [0.05, 0.1) is 0 Å². The van der Waals surface area contributed by atoms with Gasteiger partial charge in [0.15, 0.2) is 0 Å². The number of nitrogen functional groups attached to an aromatic ring is 1. The average Bonchev–Trinajstić information content (AvgIpc) is 2.61. The lowest BCUT2D eigenvalue weighted by Gasteiger charge is -2.01. The first kappa shape index (κ1) is 11.5. The van der Waals surface area contributed by atoms with Crippen LogP contribution in [0.1, 0.15) is 32.3 Å². The van der Waals surface area contributed by atoms with Gasteiger partial charge in [-0.15, -0.1) is 5.92 Å². The van der Waals surface area contributed by atoms with Crippen LogP contribution in [-0.4, -0.2) is 4.98 Å². The maximum atomic E-state index is 5.73. The van der Waals surface area contributed by atoms with Crippen molar-refractivity contribution in [1.29, 1.82) is 0 Å². The van der Waals surface area contributed by atoms with E-state index in [0.29, 0.717) is 11.7 Å². The van der Waals surface area contributed by atoms with Gasteiger partial charge in [-0.25, -0.2) is 0 Å². The molecule has 0 bridgehead atoms. The van der Waals surface area contributed by atoms with E-state index in [2.05, 4.69) is 29.8 Å². The Hall–Kier alpha value is -1.62. The summed E-state index contributed by atoms with van der Waals surface area (Å²) in [4.78, 5) is 2.95. The molecule has 1 unspecified atom stereocenters. The molecule has 0 aliphatic rings. The van der Waals surface area contributed by atoms with Gasteiger partial charge in [-0.2, -0.15) is 0 Å². The van der Waals surface area contributed by atoms with E-state index in [0.717, 1.165) is 18.4 Å². The van der Waals surface area contributed by atoms with Crippen molar-refractivity contribution in [2.24, 2.45) is 5.92 Å². The number of nitrogens with two attached hydrogens (primary N) is 1. The largest absolute Gasteiger partial charge is 0.385 e. The van der Waals surface area contributed by atoms with Crippen molar-refractivity contribution in [3.63, 3.8) is 0 Å². The van der Waals surface area contributed by atoms with E-state index in [-0.39, 0.29) is 0 Å². The van der Waals surface area contributed by atoms with Crippen LogP contribution >= 0.6 is 0 Å². The van der Waals surface area contributed by atoms with Gasteiger partial charge >= 0.3 is 0 Å². The molecule has 2 nitrogen and oxygen atoms in total. The zero-order valence-electron chi connectivity index (χ0n) is 9.38. The molecule has 1 aromatic heterocycles. The minimum atomic E-state index is 0.342. The van der Waals surface area contributed by atoms with Gasteiger partial charge in [0.25, 0.3) is 0 Å². The summed E-state index contributed by atoms with van der Waals surface area (Å²) in [6, 6.07) is 1.97. The predicted octanol–water partition coefficient (Wildman–Crippen LogP) is 3.05. The SMILES string of the molecule is CC#CC(/C=C\c1cc[nH]c1N)CCC. The summed E-state index contributed by atoms with van der Waals surface area (Å²) in [5, 5.41) is 0. The molecule has 1 heterocycles. The molecule has 0 aliphatic heterocycles. The summed E-state index contributed by atoms with van der Waals surface area (Å²) in [6.45, 7) is 4.05. The zero-order valence-corrected chi connectivity index (χ0v) is 9.38. The fourth-order valence-electron chi connectivity index (χ4n) is 1.47. The third kappa shape index (κ3) is 3.55. The van der Waals surface area contributed by atoms with Crippen LogP contribution < -0.4 is 5.73 Å². The Morgan fingerprint density at radius 2 is 2.40 bits per heavy atom. The van der Waals surface area contributed by atoms with Gasteiger partial charge in [0.1, 0.15) is 5.82 Å². The smallest absolute Gasteiger partial charge is 0.107 e. The number of H-pyrrole nitrogens is 1. The molecule has 80 valence electrons. The third-order valence-corrected chi connectivity index (χ3v) is 2.25. The second-order valence-electron chi connectivity index (χ2n) is 3.50. The molecule has 0 radical (unpaired) electrons. The molecule has 1 aromatic rings. The van der Waals surface area contributed by atoms with Gasteiger partial charge in [-0.05, 0) is 19.4 Å². The van der Waals surface area contributed by atoms with Crippen LogP contribution in [0.25, 0.3) is 6.08 Å². The summed E-state index contributed by atoms with van der Waals surface area (Å²) in [7, 11) is 0. The maximum absolute atomic E-state index is 5.73. The number of anilines is 1. The summed E-state index contributed by atoms with van der Waals surface area (Å²) < 4.78 is 0. The topological polar surface area (TPSA) is 41.8 Å². The number of aromatic amines is 1. The molecule has 15 heavy (non-hydrogen) atoms. The lowest BCUT2D eigenvalue weighted by Crippen LogP contribution is -1.91. The number of hydrogen-bond donors (Lipinski definition) is 2. The van der Waals surface area contributed by atoms with E-state index < -0.39 is 0 Å². The Morgan fingerprint density at radius 3 is 2.93 bits per heavy atom. The molecule has 0 saturated heterocycles. The van der Waals surface area contributed by atoms with Crippen molar-refractivity contribution < 1.29 is 0 Å². The van der Waals surface area contributed by atoms with Crippen LogP contribution in [0.15, 0.2) is 18.3 Å². The van der Waals surface area contributed by atoms with Crippen molar-refractivity contribution in [3.8, 4) is 11.8 Å². The Labute approximate surface area is 91.6 Å². The Morgan fingerprint density at radius 1 is 1.60 bits per heavy atom. The van der Waals surface area contributed by atoms with E-state index >= 15 is 0 Å². The highest BCUT2D eigenvalue weighted by atomic mass is 14.8. The van der Waals surface area contributed by atoms with Crippen molar-refractivity contribution in [1.82, 2.24) is 4.98 Å². The second-order valence-corrected chi connectivity index (χ2v) is 3.50. The van der Waals surface area contributed by atoms with E-state index in [1.165, 1.54) is 0 Å². The highest BCUT2D eigenvalue weighted by Gasteiger charge is 1.99. The first-order valence-electron chi connectivity index (χ1n) is 5.31. The standard InChI is InChI=1S/C13H18N2/c1-3-5-11(6-4-2)7-8-12-9-10-15-13(12)14/h7-11,15H,3,5,14H2,1-2H3/b8-7-. The van der Waals surface area contributed by atoms with Gasteiger partial charge in [-0.3, -0.25) is 0 Å². The molecular formula is C13H18N2. The monoisotopic (exact) mass is 202 g/mol. The molecule has 0 aliphatic carbocycles. The summed E-state index contributed by atoms with van der Waals surface area (Å²) in [5.74, 6) is 7.19. The lowest BCUT2D eigenvalue weighted by atomic mass is 10.0. The summed E-state index contributed by atoms with van der Waals surface area (Å²) in [5.41, 5.74) is 6.77. The van der Waals surface area contributed by atoms with Crippen LogP contribution in [0.4, 0.5) is 5.82 Å². The molecule has 0 fully saturated rings. The summed E-state index contributed by atoms with van der Waals surface area (Å²) >= 11 is 0. The molecule has 1 rings (SSSR count). The van der Waals surface area contributed by atoms with Crippen molar-refractivity contribution in [2.45, 2.75) is 26.7 Å². The van der Waals surface area contributed by atoms with Gasteiger partial charge in [-0.1, -0.05) is 31.4 Å². The van der Waals surface area contributed by atoms with Gasteiger partial charge < -0.3 is 10.7 Å². The second kappa shape index (κ2) is 5.98. The van der Waals surface area contributed by atoms with Crippen LogP contribution in [0, 0.1) is 17.8 Å².